The molecule has 1 heterocycles. The molecule has 1 rings (SSSR count). The monoisotopic (exact) mass is 443 g/mol. The van der Waals surface area contributed by atoms with Crippen molar-refractivity contribution >= 4 is 5.97 Å². The Hall–Kier alpha value is -1.25. The molecule has 0 aliphatic carbocycles. The van der Waals surface area contributed by atoms with Gasteiger partial charge in [-0.1, -0.05) is 63.3 Å². The number of unbranched alkanes of at least 4 members (excludes halogenated alkanes) is 8. The maximum atomic E-state index is 12.0. The summed E-state index contributed by atoms with van der Waals surface area (Å²) in [5.41, 5.74) is 0. The standard InChI is InChI=1S/C24H42O7/c1-2-3-4-5-6-7-8-9-10-11-12-13-14-15-16-17-20(26)31-23-22(28)21(27)19(18-25)30-24(23)29/h6-7,9-10,19,21-25,27-29H,2-5,8,11-18H2,1H3/t19-,21-,22+,23-,24?/m1/s1/i1D. The minimum absolute atomic E-state index is 0.171. The minimum Gasteiger partial charge on any atom is -0.454 e. The topological polar surface area (TPSA) is 116 Å². The van der Waals surface area contributed by atoms with Crippen LogP contribution in [-0.4, -0.2) is 63.7 Å². The summed E-state index contributed by atoms with van der Waals surface area (Å²) in [6.07, 6.45) is 13.2. The molecular weight excluding hydrogens is 400 g/mol. The molecule has 0 radical (unpaired) electrons. The zero-order chi connectivity index (χ0) is 23.6. The number of carbonyl (C=O) groups excluding carboxylic acids is 1. The van der Waals surface area contributed by atoms with Crippen LogP contribution in [0.3, 0.4) is 0 Å². The van der Waals surface area contributed by atoms with E-state index in [1.807, 2.05) is 0 Å². The van der Waals surface area contributed by atoms with Crippen LogP contribution in [0.5, 0.6) is 0 Å². The summed E-state index contributed by atoms with van der Waals surface area (Å²) in [5.74, 6) is -0.557. The van der Waals surface area contributed by atoms with Gasteiger partial charge in [-0.15, -0.1) is 0 Å². The maximum absolute atomic E-state index is 12.0. The Labute approximate surface area is 188 Å². The van der Waals surface area contributed by atoms with Crippen molar-refractivity contribution < 1.29 is 36.1 Å². The molecule has 1 saturated heterocycles. The molecule has 0 saturated carbocycles. The summed E-state index contributed by atoms with van der Waals surface area (Å²) in [6.45, 7) is -0.0265. The summed E-state index contributed by atoms with van der Waals surface area (Å²) in [4.78, 5) is 12.0. The Morgan fingerprint density at radius 3 is 2.26 bits per heavy atom. The second-order valence-electron chi connectivity index (χ2n) is 8.02. The summed E-state index contributed by atoms with van der Waals surface area (Å²) in [6, 6.07) is 0. The van der Waals surface area contributed by atoms with Crippen LogP contribution in [0.1, 0.15) is 85.3 Å². The van der Waals surface area contributed by atoms with Crippen LogP contribution >= 0.6 is 0 Å². The predicted octanol–water partition coefficient (Wildman–Crippen LogP) is 3.14. The third kappa shape index (κ3) is 11.8. The Kier molecular flexibility index (Phi) is 14.5. The molecule has 0 bridgehead atoms. The maximum Gasteiger partial charge on any atom is 0.306 e. The third-order valence-corrected chi connectivity index (χ3v) is 5.34. The van der Waals surface area contributed by atoms with Crippen LogP contribution in [0.25, 0.3) is 0 Å². The number of esters is 1. The number of aliphatic hydroxyl groups is 4. The lowest BCUT2D eigenvalue weighted by molar-refractivity contribution is -0.290. The third-order valence-electron chi connectivity index (χ3n) is 5.34. The van der Waals surface area contributed by atoms with Crippen LogP contribution in [0.4, 0.5) is 0 Å². The van der Waals surface area contributed by atoms with Crippen LogP contribution in [0.15, 0.2) is 24.3 Å². The quantitative estimate of drug-likeness (QED) is 0.164. The van der Waals surface area contributed by atoms with E-state index in [1.165, 1.54) is 6.42 Å². The zero-order valence-electron chi connectivity index (χ0n) is 19.6. The van der Waals surface area contributed by atoms with Gasteiger partial charge in [-0.05, 0) is 38.5 Å². The van der Waals surface area contributed by atoms with Crippen molar-refractivity contribution in [3.63, 3.8) is 0 Å². The molecule has 0 aromatic carbocycles. The van der Waals surface area contributed by atoms with Gasteiger partial charge in [-0.25, -0.2) is 0 Å². The van der Waals surface area contributed by atoms with Crippen molar-refractivity contribution in [1.29, 1.82) is 0 Å². The number of carbonyl (C=O) groups is 1. The number of aliphatic hydroxyl groups excluding tert-OH is 4. The van der Waals surface area contributed by atoms with Crippen molar-refractivity contribution in [2.45, 2.75) is 115 Å². The average Bonchev–Trinajstić information content (AvgIpc) is 2.78. The van der Waals surface area contributed by atoms with E-state index in [0.717, 1.165) is 57.8 Å². The molecule has 0 aromatic rings. The lowest BCUT2D eigenvalue weighted by Crippen LogP contribution is -2.59. The van der Waals surface area contributed by atoms with Gasteiger partial charge in [0.2, 0.25) is 0 Å². The number of ether oxygens (including phenoxy) is 2. The van der Waals surface area contributed by atoms with E-state index in [0.29, 0.717) is 13.3 Å². The van der Waals surface area contributed by atoms with Crippen molar-refractivity contribution in [2.75, 3.05) is 6.61 Å². The van der Waals surface area contributed by atoms with Gasteiger partial charge in [0.15, 0.2) is 12.4 Å². The fourth-order valence-corrected chi connectivity index (χ4v) is 3.42. The first-order valence-electron chi connectivity index (χ1n) is 12.3. The van der Waals surface area contributed by atoms with Gasteiger partial charge >= 0.3 is 5.97 Å². The Balaban J connectivity index is 2.01. The van der Waals surface area contributed by atoms with Crippen LogP contribution < -0.4 is 0 Å². The van der Waals surface area contributed by atoms with Crippen molar-refractivity contribution in [2.24, 2.45) is 0 Å². The van der Waals surface area contributed by atoms with Crippen LogP contribution in [-0.2, 0) is 14.3 Å². The highest BCUT2D eigenvalue weighted by Gasteiger charge is 2.45. The molecule has 7 heteroatoms. The molecule has 5 atom stereocenters. The summed E-state index contributed by atoms with van der Waals surface area (Å²) in [7, 11) is 0. The Morgan fingerprint density at radius 1 is 0.935 bits per heavy atom. The molecule has 180 valence electrons. The normalized spacial score (nSPS) is 27.1. The lowest BCUT2D eigenvalue weighted by atomic mass is 9.99. The molecule has 1 aliphatic rings. The Bertz CT molecular complexity index is 540. The fourth-order valence-electron chi connectivity index (χ4n) is 3.42. The second-order valence-corrected chi connectivity index (χ2v) is 8.02. The summed E-state index contributed by atoms with van der Waals surface area (Å²) < 4.78 is 17.1. The van der Waals surface area contributed by atoms with Gasteiger partial charge in [0, 0.05) is 7.79 Å². The van der Waals surface area contributed by atoms with Crippen LogP contribution in [0.2, 0.25) is 0 Å². The van der Waals surface area contributed by atoms with Crippen molar-refractivity contribution in [3.8, 4) is 0 Å². The molecule has 0 aromatic heterocycles. The van der Waals surface area contributed by atoms with Crippen molar-refractivity contribution in [3.05, 3.63) is 24.3 Å². The van der Waals surface area contributed by atoms with E-state index in [9.17, 15) is 20.1 Å². The molecule has 31 heavy (non-hydrogen) atoms. The number of hydrogen-bond acceptors (Lipinski definition) is 7. The first kappa shape index (κ1) is 26.0. The SMILES string of the molecule is [2H]CCCCCC=CCC=CCCCCCCCC(=O)O[C@H]1C(O)O[C@H](CO)[C@@H](O)[C@@H]1O. The lowest BCUT2D eigenvalue weighted by Gasteiger charge is -2.39. The Morgan fingerprint density at radius 2 is 1.58 bits per heavy atom. The molecule has 1 fully saturated rings. The van der Waals surface area contributed by atoms with Gasteiger partial charge in [-0.3, -0.25) is 4.79 Å². The first-order chi connectivity index (χ1) is 15.5. The van der Waals surface area contributed by atoms with E-state index in [4.69, 9.17) is 16.0 Å². The number of allylic oxidation sites excluding steroid dienone is 4. The molecule has 0 amide bonds. The highest BCUT2D eigenvalue weighted by Crippen LogP contribution is 2.23. The van der Waals surface area contributed by atoms with E-state index in [2.05, 4.69) is 24.3 Å². The largest absolute Gasteiger partial charge is 0.454 e. The number of rotatable bonds is 16. The first-order valence-corrected chi connectivity index (χ1v) is 11.6. The smallest absolute Gasteiger partial charge is 0.306 e. The summed E-state index contributed by atoms with van der Waals surface area (Å²) in [5, 5.41) is 38.7. The molecule has 7 nitrogen and oxygen atoms in total. The van der Waals surface area contributed by atoms with Crippen molar-refractivity contribution in [1.82, 2.24) is 0 Å². The summed E-state index contributed by atoms with van der Waals surface area (Å²) >= 11 is 0. The van der Waals surface area contributed by atoms with E-state index < -0.39 is 43.3 Å². The fraction of sp³-hybridized carbons (Fsp3) is 0.792. The van der Waals surface area contributed by atoms with E-state index in [-0.39, 0.29) is 6.42 Å². The molecule has 0 spiro atoms. The van der Waals surface area contributed by atoms with E-state index in [1.54, 1.807) is 0 Å². The molecule has 1 aliphatic heterocycles. The highest BCUT2D eigenvalue weighted by atomic mass is 16.7. The molecular formula is C24H42O7. The average molecular weight is 444 g/mol. The predicted molar refractivity (Wildman–Crippen MR) is 119 cm³/mol. The van der Waals surface area contributed by atoms with Crippen LogP contribution in [0, 0.1) is 0 Å². The van der Waals surface area contributed by atoms with Gasteiger partial charge in [-0.2, -0.15) is 0 Å². The zero-order valence-corrected chi connectivity index (χ0v) is 18.6. The van der Waals surface area contributed by atoms with Gasteiger partial charge in [0.1, 0.15) is 18.3 Å². The number of hydrogen-bond donors (Lipinski definition) is 4. The van der Waals surface area contributed by atoms with E-state index >= 15 is 0 Å². The van der Waals surface area contributed by atoms with Gasteiger partial charge in [0.25, 0.3) is 0 Å². The minimum atomic E-state index is -1.59. The second kappa shape index (κ2) is 17.3. The van der Waals surface area contributed by atoms with Gasteiger partial charge < -0.3 is 29.9 Å². The van der Waals surface area contributed by atoms with Gasteiger partial charge in [0.05, 0.1) is 6.61 Å². The highest BCUT2D eigenvalue weighted by molar-refractivity contribution is 5.69. The molecule has 4 N–H and O–H groups in total. The molecule has 1 unspecified atom stereocenters.